The summed E-state index contributed by atoms with van der Waals surface area (Å²) < 4.78 is 15.9. The van der Waals surface area contributed by atoms with Gasteiger partial charge in [0.25, 0.3) is 5.91 Å². The van der Waals surface area contributed by atoms with Gasteiger partial charge in [-0.25, -0.2) is 9.59 Å². The summed E-state index contributed by atoms with van der Waals surface area (Å²) in [5.41, 5.74) is 6.36. The van der Waals surface area contributed by atoms with Gasteiger partial charge in [0.15, 0.2) is 6.61 Å². The fourth-order valence-corrected chi connectivity index (χ4v) is 3.62. The van der Waals surface area contributed by atoms with E-state index in [0.29, 0.717) is 11.1 Å². The van der Waals surface area contributed by atoms with Crippen LogP contribution in [0.1, 0.15) is 35.3 Å². The molecule has 0 spiro atoms. The molecule has 0 unspecified atom stereocenters. The number of hydrogen-bond acceptors (Lipinski definition) is 6. The predicted octanol–water partition coefficient (Wildman–Crippen LogP) is 4.20. The minimum atomic E-state index is -0.875. The molecule has 7 nitrogen and oxygen atoms in total. The molecule has 172 valence electrons. The number of amides is 1. The third-order valence-electron chi connectivity index (χ3n) is 5.63. The maximum atomic E-state index is 12.2. The Bertz CT molecular complexity index is 1410. The molecular formula is C27H23NO6. The summed E-state index contributed by atoms with van der Waals surface area (Å²) in [6.07, 6.45) is 0. The molecule has 0 radical (unpaired) electrons. The van der Waals surface area contributed by atoms with E-state index < -0.39 is 17.5 Å². The number of carbonyl (C=O) groups excluding carboxylic acids is 2. The fraction of sp³-hybridized carbons (Fsp3) is 0.148. The van der Waals surface area contributed by atoms with Crippen LogP contribution >= 0.6 is 0 Å². The van der Waals surface area contributed by atoms with E-state index >= 15 is 0 Å². The van der Waals surface area contributed by atoms with Gasteiger partial charge in [0, 0.05) is 16.9 Å². The van der Waals surface area contributed by atoms with E-state index in [0.717, 1.165) is 5.56 Å². The molecule has 7 heteroatoms. The molecule has 1 aromatic heterocycles. The second-order valence-corrected chi connectivity index (χ2v) is 8.29. The van der Waals surface area contributed by atoms with Crippen LogP contribution in [0.2, 0.25) is 0 Å². The smallest absolute Gasteiger partial charge is 0.349 e. The average Bonchev–Trinajstić information content (AvgIpc) is 2.83. The Hall–Kier alpha value is -4.39. The van der Waals surface area contributed by atoms with Crippen molar-refractivity contribution < 1.29 is 23.5 Å². The van der Waals surface area contributed by atoms with Crippen molar-refractivity contribution in [3.05, 3.63) is 106 Å². The average molecular weight is 457 g/mol. The number of ether oxygens (including phenoxy) is 2. The number of fused-ring (bicyclic) bond motifs is 1. The minimum Gasteiger partial charge on any atom is -0.482 e. The van der Waals surface area contributed by atoms with Gasteiger partial charge in [-0.05, 0) is 41.5 Å². The van der Waals surface area contributed by atoms with Crippen LogP contribution in [0.4, 0.5) is 0 Å². The van der Waals surface area contributed by atoms with Gasteiger partial charge < -0.3 is 19.6 Å². The SMILES string of the molecule is CC(C)(c1ccccc1)c1ccc(OCC(=O)Oc2ccc3cc(C(N)=O)c(=O)oc3c2)cc1. The van der Waals surface area contributed by atoms with Crippen molar-refractivity contribution in [1.29, 1.82) is 0 Å². The van der Waals surface area contributed by atoms with Crippen molar-refractivity contribution in [2.24, 2.45) is 5.73 Å². The maximum Gasteiger partial charge on any atom is 0.349 e. The Morgan fingerprint density at radius 3 is 2.21 bits per heavy atom. The van der Waals surface area contributed by atoms with E-state index in [1.165, 1.54) is 23.8 Å². The molecule has 0 aliphatic carbocycles. The molecule has 4 rings (SSSR count). The van der Waals surface area contributed by atoms with Gasteiger partial charge in [-0.1, -0.05) is 56.3 Å². The van der Waals surface area contributed by atoms with Crippen LogP contribution < -0.4 is 20.8 Å². The van der Waals surface area contributed by atoms with E-state index in [1.807, 2.05) is 42.5 Å². The Kier molecular flexibility index (Phi) is 6.19. The highest BCUT2D eigenvalue weighted by atomic mass is 16.6. The Balaban J connectivity index is 1.39. The largest absolute Gasteiger partial charge is 0.482 e. The molecular weight excluding hydrogens is 434 g/mol. The summed E-state index contributed by atoms with van der Waals surface area (Å²) >= 11 is 0. The van der Waals surface area contributed by atoms with Gasteiger partial charge in [-0.2, -0.15) is 0 Å². The molecule has 0 saturated heterocycles. The van der Waals surface area contributed by atoms with Crippen LogP contribution in [-0.2, 0) is 10.2 Å². The molecule has 1 amide bonds. The van der Waals surface area contributed by atoms with Crippen molar-refractivity contribution >= 4 is 22.8 Å². The summed E-state index contributed by atoms with van der Waals surface area (Å²) in [7, 11) is 0. The van der Waals surface area contributed by atoms with Crippen LogP contribution in [0, 0.1) is 0 Å². The van der Waals surface area contributed by atoms with Gasteiger partial charge in [-0.15, -0.1) is 0 Å². The van der Waals surface area contributed by atoms with Gasteiger partial charge in [0.2, 0.25) is 0 Å². The highest BCUT2D eigenvalue weighted by molar-refractivity contribution is 5.95. The first-order chi connectivity index (χ1) is 16.2. The number of benzene rings is 3. The van der Waals surface area contributed by atoms with Gasteiger partial charge in [-0.3, -0.25) is 4.79 Å². The first-order valence-electron chi connectivity index (χ1n) is 10.6. The van der Waals surface area contributed by atoms with E-state index in [4.69, 9.17) is 19.6 Å². The topological polar surface area (TPSA) is 109 Å². The van der Waals surface area contributed by atoms with Crippen LogP contribution in [-0.4, -0.2) is 18.5 Å². The summed E-state index contributed by atoms with van der Waals surface area (Å²) in [6, 6.07) is 23.6. The highest BCUT2D eigenvalue weighted by Gasteiger charge is 2.22. The number of rotatable bonds is 7. The number of esters is 1. The van der Waals surface area contributed by atoms with E-state index in [-0.39, 0.29) is 28.9 Å². The van der Waals surface area contributed by atoms with Gasteiger partial charge >= 0.3 is 11.6 Å². The van der Waals surface area contributed by atoms with Crippen molar-refractivity contribution in [3.8, 4) is 11.5 Å². The van der Waals surface area contributed by atoms with Crippen molar-refractivity contribution in [3.63, 3.8) is 0 Å². The first-order valence-corrected chi connectivity index (χ1v) is 10.6. The molecule has 3 aromatic carbocycles. The first kappa shape index (κ1) is 22.8. The third-order valence-corrected chi connectivity index (χ3v) is 5.63. The number of primary amides is 1. The lowest BCUT2D eigenvalue weighted by Gasteiger charge is -2.26. The predicted molar refractivity (Wildman–Crippen MR) is 127 cm³/mol. The molecule has 0 aliphatic rings. The van der Waals surface area contributed by atoms with E-state index in [9.17, 15) is 14.4 Å². The zero-order valence-corrected chi connectivity index (χ0v) is 18.7. The Labute approximate surface area is 195 Å². The number of hydrogen-bond donors (Lipinski definition) is 1. The highest BCUT2D eigenvalue weighted by Crippen LogP contribution is 2.32. The second kappa shape index (κ2) is 9.23. The monoisotopic (exact) mass is 457 g/mol. The van der Waals surface area contributed by atoms with Crippen LogP contribution in [0.3, 0.4) is 0 Å². The maximum absolute atomic E-state index is 12.2. The minimum absolute atomic E-state index is 0.165. The molecule has 1 heterocycles. The molecule has 4 aromatic rings. The van der Waals surface area contributed by atoms with Crippen molar-refractivity contribution in [2.75, 3.05) is 6.61 Å². The molecule has 0 saturated carbocycles. The third kappa shape index (κ3) is 4.83. The van der Waals surface area contributed by atoms with Gasteiger partial charge in [0.1, 0.15) is 22.6 Å². The van der Waals surface area contributed by atoms with Crippen molar-refractivity contribution in [1.82, 2.24) is 0 Å². The lowest BCUT2D eigenvalue weighted by atomic mass is 9.78. The zero-order chi connectivity index (χ0) is 24.3. The van der Waals surface area contributed by atoms with Gasteiger partial charge in [0.05, 0.1) is 0 Å². The zero-order valence-electron chi connectivity index (χ0n) is 18.7. The molecule has 34 heavy (non-hydrogen) atoms. The van der Waals surface area contributed by atoms with Crippen LogP contribution in [0.5, 0.6) is 11.5 Å². The summed E-state index contributed by atoms with van der Waals surface area (Å²) in [5.74, 6) is -0.784. The van der Waals surface area contributed by atoms with E-state index in [1.54, 1.807) is 6.07 Å². The standard InChI is InChI=1S/C27H23NO6/c1-27(2,18-6-4-3-5-7-18)19-9-12-20(13-10-19)32-16-24(29)33-21-11-8-17-14-22(25(28)30)26(31)34-23(17)15-21/h3-15H,16H2,1-2H3,(H2,28,30). The molecule has 0 atom stereocenters. The Morgan fingerprint density at radius 2 is 1.53 bits per heavy atom. The van der Waals surface area contributed by atoms with Crippen molar-refractivity contribution in [2.45, 2.75) is 19.3 Å². The van der Waals surface area contributed by atoms with E-state index in [2.05, 4.69) is 26.0 Å². The Morgan fingerprint density at radius 1 is 0.882 bits per heavy atom. The summed E-state index contributed by atoms with van der Waals surface area (Å²) in [6.45, 7) is 4.00. The number of nitrogens with two attached hydrogens (primary N) is 1. The fourth-order valence-electron chi connectivity index (χ4n) is 3.62. The summed E-state index contributed by atoms with van der Waals surface area (Å²) in [4.78, 5) is 35.4. The quantitative estimate of drug-likeness (QED) is 0.253. The molecule has 2 N–H and O–H groups in total. The lowest BCUT2D eigenvalue weighted by Crippen LogP contribution is -2.20. The second-order valence-electron chi connectivity index (χ2n) is 8.29. The molecule has 0 aliphatic heterocycles. The molecule has 0 fully saturated rings. The normalized spacial score (nSPS) is 11.2. The summed E-state index contributed by atoms with van der Waals surface area (Å²) in [5, 5.41) is 0.475. The van der Waals surface area contributed by atoms with Crippen LogP contribution in [0.15, 0.2) is 88.1 Å². The van der Waals surface area contributed by atoms with Crippen LogP contribution in [0.25, 0.3) is 11.0 Å². The molecule has 0 bridgehead atoms. The lowest BCUT2D eigenvalue weighted by molar-refractivity contribution is -0.136. The number of carbonyl (C=O) groups is 2.